The van der Waals surface area contributed by atoms with Gasteiger partial charge in [-0.1, -0.05) is 43.7 Å². The van der Waals surface area contributed by atoms with Crippen LogP contribution in [0.5, 0.6) is 0 Å². The molecule has 2 aromatic rings. The minimum Gasteiger partial charge on any atom is -0.326 e. The Labute approximate surface area is 128 Å². The fraction of sp³-hybridized carbons (Fsp3) is 0.500. The van der Waals surface area contributed by atoms with Crippen LogP contribution in [0.4, 0.5) is 0 Å². The van der Waals surface area contributed by atoms with E-state index < -0.39 is 0 Å². The first-order valence-electron chi connectivity index (χ1n) is 7.86. The van der Waals surface area contributed by atoms with Gasteiger partial charge < -0.3 is 5.73 Å². The fourth-order valence-electron chi connectivity index (χ4n) is 3.04. The summed E-state index contributed by atoms with van der Waals surface area (Å²) < 4.78 is 2.13. The van der Waals surface area contributed by atoms with Gasteiger partial charge in [-0.15, -0.1) is 0 Å². The van der Waals surface area contributed by atoms with Gasteiger partial charge in [-0.25, -0.2) is 0 Å². The Bertz CT molecular complexity index is 596. The largest absolute Gasteiger partial charge is 0.326 e. The number of nitrogens with zero attached hydrogens (tertiary/aromatic N) is 2. The van der Waals surface area contributed by atoms with Gasteiger partial charge in [0.25, 0.3) is 0 Å². The third-order valence-corrected chi connectivity index (χ3v) is 4.39. The van der Waals surface area contributed by atoms with E-state index in [1.54, 1.807) is 0 Å². The van der Waals surface area contributed by atoms with Crippen molar-refractivity contribution >= 4 is 0 Å². The predicted molar refractivity (Wildman–Crippen MR) is 88.7 cm³/mol. The van der Waals surface area contributed by atoms with E-state index in [0.29, 0.717) is 0 Å². The standard InChI is InChI=1S/C18H27N3/c1-6-16-13(4)20-21(14(16)5)18(17(19)7-2)15-10-8-12(3)9-11-15/h8-11,17-18H,6-7,19H2,1-5H3. The lowest BCUT2D eigenvalue weighted by Crippen LogP contribution is -2.33. The second-order valence-corrected chi connectivity index (χ2v) is 5.88. The zero-order chi connectivity index (χ0) is 15.6. The summed E-state index contributed by atoms with van der Waals surface area (Å²) in [6.07, 6.45) is 1.94. The molecule has 0 aliphatic carbocycles. The summed E-state index contributed by atoms with van der Waals surface area (Å²) in [7, 11) is 0. The Hall–Kier alpha value is -1.61. The lowest BCUT2D eigenvalue weighted by molar-refractivity contribution is 0.415. The van der Waals surface area contributed by atoms with Gasteiger partial charge in [-0.05, 0) is 44.7 Å². The lowest BCUT2D eigenvalue weighted by Gasteiger charge is -2.25. The van der Waals surface area contributed by atoms with Gasteiger partial charge in [0.15, 0.2) is 0 Å². The first-order valence-corrected chi connectivity index (χ1v) is 7.86. The highest BCUT2D eigenvalue weighted by atomic mass is 15.3. The molecule has 0 bridgehead atoms. The SMILES string of the molecule is CCc1c(C)nn(C(c2ccc(C)cc2)C(N)CC)c1C. The van der Waals surface area contributed by atoms with E-state index in [4.69, 9.17) is 10.8 Å². The molecule has 0 aliphatic heterocycles. The van der Waals surface area contributed by atoms with Crippen molar-refractivity contribution in [2.24, 2.45) is 5.73 Å². The Kier molecular flexibility index (Phi) is 4.84. The number of hydrogen-bond acceptors (Lipinski definition) is 2. The smallest absolute Gasteiger partial charge is 0.0922 e. The van der Waals surface area contributed by atoms with E-state index in [1.165, 1.54) is 22.4 Å². The van der Waals surface area contributed by atoms with Gasteiger partial charge >= 0.3 is 0 Å². The molecule has 0 radical (unpaired) electrons. The molecular weight excluding hydrogens is 258 g/mol. The van der Waals surface area contributed by atoms with Crippen LogP contribution in [0.15, 0.2) is 24.3 Å². The van der Waals surface area contributed by atoms with E-state index in [1.807, 2.05) is 0 Å². The summed E-state index contributed by atoms with van der Waals surface area (Å²) in [5.41, 5.74) is 12.6. The molecule has 1 aromatic carbocycles. The summed E-state index contributed by atoms with van der Waals surface area (Å²) in [5, 5.41) is 4.79. The summed E-state index contributed by atoms with van der Waals surface area (Å²) in [5.74, 6) is 0. The van der Waals surface area contributed by atoms with Crippen LogP contribution in [0.3, 0.4) is 0 Å². The van der Waals surface area contributed by atoms with Crippen molar-refractivity contribution in [2.45, 2.75) is 59.5 Å². The maximum absolute atomic E-state index is 6.43. The fourth-order valence-corrected chi connectivity index (χ4v) is 3.04. The van der Waals surface area contributed by atoms with E-state index in [2.05, 4.69) is 63.6 Å². The molecule has 21 heavy (non-hydrogen) atoms. The minimum atomic E-state index is 0.0652. The van der Waals surface area contributed by atoms with Crippen LogP contribution in [0, 0.1) is 20.8 Å². The van der Waals surface area contributed by atoms with E-state index in [9.17, 15) is 0 Å². The van der Waals surface area contributed by atoms with Gasteiger partial charge in [-0.2, -0.15) is 5.10 Å². The molecule has 3 heteroatoms. The average molecular weight is 285 g/mol. The van der Waals surface area contributed by atoms with Crippen LogP contribution >= 0.6 is 0 Å². The zero-order valence-electron chi connectivity index (χ0n) is 13.9. The quantitative estimate of drug-likeness (QED) is 0.910. The summed E-state index contributed by atoms with van der Waals surface area (Å²) in [6.45, 7) is 10.7. The summed E-state index contributed by atoms with van der Waals surface area (Å²) in [4.78, 5) is 0. The second-order valence-electron chi connectivity index (χ2n) is 5.88. The summed E-state index contributed by atoms with van der Waals surface area (Å²) in [6, 6.07) is 8.83. The predicted octanol–water partition coefficient (Wildman–Crippen LogP) is 3.70. The Morgan fingerprint density at radius 1 is 1.10 bits per heavy atom. The number of aryl methyl sites for hydroxylation is 2. The van der Waals surface area contributed by atoms with Gasteiger partial charge in [0.2, 0.25) is 0 Å². The molecule has 2 N–H and O–H groups in total. The van der Waals surface area contributed by atoms with Crippen LogP contribution in [-0.4, -0.2) is 15.8 Å². The zero-order valence-corrected chi connectivity index (χ0v) is 13.9. The maximum Gasteiger partial charge on any atom is 0.0922 e. The van der Waals surface area contributed by atoms with Crippen molar-refractivity contribution in [2.75, 3.05) is 0 Å². The molecule has 2 atom stereocenters. The molecule has 114 valence electrons. The van der Waals surface area contributed by atoms with Crippen LogP contribution in [0.25, 0.3) is 0 Å². The molecule has 0 amide bonds. The lowest BCUT2D eigenvalue weighted by atomic mass is 9.97. The molecular formula is C18H27N3. The number of aromatic nitrogens is 2. The molecule has 2 rings (SSSR count). The highest BCUT2D eigenvalue weighted by molar-refractivity contribution is 5.30. The highest BCUT2D eigenvalue weighted by Crippen LogP contribution is 2.27. The van der Waals surface area contributed by atoms with Crippen molar-refractivity contribution in [3.63, 3.8) is 0 Å². The summed E-state index contributed by atoms with van der Waals surface area (Å²) >= 11 is 0. The number of rotatable bonds is 5. The molecule has 1 heterocycles. The first-order chi connectivity index (χ1) is 9.99. The Morgan fingerprint density at radius 2 is 1.71 bits per heavy atom. The third kappa shape index (κ3) is 3.03. The molecule has 0 saturated heterocycles. The van der Waals surface area contributed by atoms with Crippen molar-refractivity contribution < 1.29 is 0 Å². The topological polar surface area (TPSA) is 43.8 Å². The van der Waals surface area contributed by atoms with Crippen molar-refractivity contribution in [3.05, 3.63) is 52.3 Å². The van der Waals surface area contributed by atoms with E-state index in [-0.39, 0.29) is 12.1 Å². The number of nitrogens with two attached hydrogens (primary N) is 1. The minimum absolute atomic E-state index is 0.0652. The van der Waals surface area contributed by atoms with Crippen LogP contribution in [-0.2, 0) is 6.42 Å². The second kappa shape index (κ2) is 6.44. The van der Waals surface area contributed by atoms with Gasteiger partial charge in [0, 0.05) is 11.7 Å². The molecule has 0 saturated carbocycles. The molecule has 0 spiro atoms. The van der Waals surface area contributed by atoms with Crippen LogP contribution in [0.2, 0.25) is 0 Å². The molecule has 1 aromatic heterocycles. The molecule has 3 nitrogen and oxygen atoms in total. The highest BCUT2D eigenvalue weighted by Gasteiger charge is 2.24. The molecule has 2 unspecified atom stereocenters. The third-order valence-electron chi connectivity index (χ3n) is 4.39. The van der Waals surface area contributed by atoms with E-state index in [0.717, 1.165) is 18.5 Å². The van der Waals surface area contributed by atoms with Gasteiger partial charge in [0.1, 0.15) is 0 Å². The van der Waals surface area contributed by atoms with Gasteiger partial charge in [0.05, 0.1) is 11.7 Å². The Balaban J connectivity index is 2.53. The van der Waals surface area contributed by atoms with Crippen LogP contribution < -0.4 is 5.73 Å². The molecule has 0 fully saturated rings. The first kappa shape index (κ1) is 15.8. The van der Waals surface area contributed by atoms with E-state index >= 15 is 0 Å². The van der Waals surface area contributed by atoms with Crippen LogP contribution in [0.1, 0.15) is 54.4 Å². The number of benzene rings is 1. The van der Waals surface area contributed by atoms with Crippen molar-refractivity contribution in [3.8, 4) is 0 Å². The normalized spacial score (nSPS) is 14.2. The van der Waals surface area contributed by atoms with Gasteiger partial charge in [-0.3, -0.25) is 4.68 Å². The average Bonchev–Trinajstić information content (AvgIpc) is 2.75. The Morgan fingerprint density at radius 3 is 2.19 bits per heavy atom. The monoisotopic (exact) mass is 285 g/mol. The van der Waals surface area contributed by atoms with Crippen molar-refractivity contribution in [1.29, 1.82) is 0 Å². The van der Waals surface area contributed by atoms with Crippen molar-refractivity contribution in [1.82, 2.24) is 9.78 Å². The maximum atomic E-state index is 6.43. The molecule has 0 aliphatic rings. The number of hydrogen-bond donors (Lipinski definition) is 1.